The van der Waals surface area contributed by atoms with Crippen molar-refractivity contribution in [1.29, 1.82) is 0 Å². The summed E-state index contributed by atoms with van der Waals surface area (Å²) in [6.45, 7) is -2.94. The van der Waals surface area contributed by atoms with Crippen LogP contribution in [0.25, 0.3) is 0 Å². The quantitative estimate of drug-likeness (QED) is 0.830. The summed E-state index contributed by atoms with van der Waals surface area (Å²) in [5, 5.41) is 2.76. The molecule has 3 nitrogen and oxygen atoms in total. The third kappa shape index (κ3) is 3.09. The van der Waals surface area contributed by atoms with Gasteiger partial charge in [-0.2, -0.15) is 8.78 Å². The van der Waals surface area contributed by atoms with Crippen LogP contribution < -0.4 is 15.8 Å². The Kier molecular flexibility index (Phi) is 3.79. The number of nitrogen functional groups attached to an aromatic ring is 1. The van der Waals surface area contributed by atoms with Crippen LogP contribution in [0.3, 0.4) is 0 Å². The molecule has 0 saturated heterocycles. The molecule has 0 aliphatic rings. The van der Waals surface area contributed by atoms with Gasteiger partial charge < -0.3 is 15.8 Å². The highest BCUT2D eigenvalue weighted by molar-refractivity contribution is 5.75. The zero-order valence-corrected chi connectivity index (χ0v) is 9.74. The van der Waals surface area contributed by atoms with Crippen molar-refractivity contribution >= 4 is 17.1 Å². The van der Waals surface area contributed by atoms with Crippen molar-refractivity contribution in [3.63, 3.8) is 0 Å². The predicted octanol–water partition coefficient (Wildman–Crippen LogP) is 3.75. The van der Waals surface area contributed by atoms with Crippen LogP contribution in [0, 0.1) is 5.82 Å². The summed E-state index contributed by atoms with van der Waals surface area (Å²) in [6, 6.07) is 10.3. The fourth-order valence-electron chi connectivity index (χ4n) is 1.56. The number of anilines is 3. The first-order chi connectivity index (χ1) is 9.08. The highest BCUT2D eigenvalue weighted by Crippen LogP contribution is 2.31. The maximum Gasteiger partial charge on any atom is 0.387 e. The van der Waals surface area contributed by atoms with E-state index < -0.39 is 12.4 Å². The number of benzene rings is 2. The van der Waals surface area contributed by atoms with E-state index >= 15 is 0 Å². The van der Waals surface area contributed by atoms with Gasteiger partial charge in [-0.1, -0.05) is 18.2 Å². The molecule has 0 heterocycles. The fraction of sp³-hybridized carbons (Fsp3) is 0.0769. The minimum atomic E-state index is -2.94. The Labute approximate surface area is 107 Å². The van der Waals surface area contributed by atoms with Crippen molar-refractivity contribution in [2.45, 2.75) is 6.61 Å². The second kappa shape index (κ2) is 5.51. The molecule has 0 spiro atoms. The Morgan fingerprint density at radius 2 is 1.68 bits per heavy atom. The molecule has 0 fully saturated rings. The Balaban J connectivity index is 2.30. The van der Waals surface area contributed by atoms with Crippen LogP contribution in [0.4, 0.5) is 30.2 Å². The van der Waals surface area contributed by atoms with Gasteiger partial charge in [-0.05, 0) is 24.3 Å². The smallest absolute Gasteiger partial charge is 0.387 e. The van der Waals surface area contributed by atoms with Crippen LogP contribution in [0.15, 0.2) is 42.5 Å². The number of nitrogens with one attached hydrogen (secondary N) is 1. The minimum Gasteiger partial charge on any atom is -0.433 e. The number of hydrogen-bond acceptors (Lipinski definition) is 3. The standard InChI is InChI=1S/C13H11F3N2O/c14-8-4-3-6-10(12(8)17)18-9-5-1-2-7-11(9)19-13(15)16/h1-7,13,18H,17H2. The number of alkyl halides is 2. The number of halogens is 3. The van der Waals surface area contributed by atoms with Gasteiger partial charge in [0, 0.05) is 0 Å². The van der Waals surface area contributed by atoms with Gasteiger partial charge in [0.05, 0.1) is 17.1 Å². The van der Waals surface area contributed by atoms with E-state index in [0.29, 0.717) is 0 Å². The van der Waals surface area contributed by atoms with Gasteiger partial charge in [0.1, 0.15) is 11.6 Å². The summed E-state index contributed by atoms with van der Waals surface area (Å²) in [6.07, 6.45) is 0. The van der Waals surface area contributed by atoms with Crippen LogP contribution in [-0.4, -0.2) is 6.61 Å². The van der Waals surface area contributed by atoms with Gasteiger partial charge in [-0.25, -0.2) is 4.39 Å². The summed E-state index contributed by atoms with van der Waals surface area (Å²) in [7, 11) is 0. The lowest BCUT2D eigenvalue weighted by Crippen LogP contribution is -2.05. The lowest BCUT2D eigenvalue weighted by Gasteiger charge is -2.14. The average Bonchev–Trinajstić information content (AvgIpc) is 2.36. The first-order valence-corrected chi connectivity index (χ1v) is 5.43. The first kappa shape index (κ1) is 13.1. The normalized spacial score (nSPS) is 10.5. The highest BCUT2D eigenvalue weighted by atomic mass is 19.3. The molecule has 0 radical (unpaired) electrons. The van der Waals surface area contributed by atoms with Gasteiger partial charge in [-0.3, -0.25) is 0 Å². The molecule has 2 aromatic rings. The minimum absolute atomic E-state index is 0.0406. The monoisotopic (exact) mass is 268 g/mol. The van der Waals surface area contributed by atoms with Crippen molar-refractivity contribution in [2.75, 3.05) is 11.1 Å². The van der Waals surface area contributed by atoms with E-state index in [1.807, 2.05) is 0 Å². The molecule has 2 aromatic carbocycles. The number of para-hydroxylation sites is 3. The largest absolute Gasteiger partial charge is 0.433 e. The molecule has 0 unspecified atom stereocenters. The molecular formula is C13H11F3N2O. The molecular weight excluding hydrogens is 257 g/mol. The third-order valence-corrected chi connectivity index (χ3v) is 2.43. The molecule has 19 heavy (non-hydrogen) atoms. The summed E-state index contributed by atoms with van der Waals surface area (Å²) in [5.74, 6) is -0.626. The van der Waals surface area contributed by atoms with Crippen LogP contribution in [0.2, 0.25) is 0 Å². The second-order valence-electron chi connectivity index (χ2n) is 3.70. The first-order valence-electron chi connectivity index (χ1n) is 5.43. The Hall–Kier alpha value is -2.37. The van der Waals surface area contributed by atoms with Crippen molar-refractivity contribution in [3.05, 3.63) is 48.3 Å². The summed E-state index contributed by atoms with van der Waals surface area (Å²) in [4.78, 5) is 0. The highest BCUT2D eigenvalue weighted by Gasteiger charge is 2.11. The van der Waals surface area contributed by atoms with Crippen molar-refractivity contribution in [3.8, 4) is 5.75 Å². The lowest BCUT2D eigenvalue weighted by atomic mass is 10.2. The van der Waals surface area contributed by atoms with Crippen molar-refractivity contribution < 1.29 is 17.9 Å². The zero-order chi connectivity index (χ0) is 13.8. The van der Waals surface area contributed by atoms with Gasteiger partial charge in [0.2, 0.25) is 0 Å². The van der Waals surface area contributed by atoms with E-state index in [2.05, 4.69) is 10.1 Å². The maximum absolute atomic E-state index is 13.3. The fourth-order valence-corrected chi connectivity index (χ4v) is 1.56. The predicted molar refractivity (Wildman–Crippen MR) is 67.2 cm³/mol. The number of ether oxygens (including phenoxy) is 1. The van der Waals surface area contributed by atoms with Crippen LogP contribution >= 0.6 is 0 Å². The van der Waals surface area contributed by atoms with Gasteiger partial charge in [-0.15, -0.1) is 0 Å². The van der Waals surface area contributed by atoms with E-state index in [9.17, 15) is 13.2 Å². The van der Waals surface area contributed by atoms with E-state index in [4.69, 9.17) is 5.73 Å². The topological polar surface area (TPSA) is 47.3 Å². The molecule has 0 aliphatic heterocycles. The second-order valence-corrected chi connectivity index (χ2v) is 3.70. The molecule has 0 amide bonds. The third-order valence-electron chi connectivity index (χ3n) is 2.43. The average molecular weight is 268 g/mol. The Morgan fingerprint density at radius 3 is 2.42 bits per heavy atom. The van der Waals surface area contributed by atoms with E-state index in [1.165, 1.54) is 30.3 Å². The van der Waals surface area contributed by atoms with Crippen LogP contribution in [0.1, 0.15) is 0 Å². The van der Waals surface area contributed by atoms with Gasteiger partial charge in [0.25, 0.3) is 0 Å². The van der Waals surface area contributed by atoms with E-state index in [0.717, 1.165) is 0 Å². The molecule has 0 saturated carbocycles. The molecule has 0 bridgehead atoms. The number of nitrogens with two attached hydrogens (primary N) is 1. The van der Waals surface area contributed by atoms with Gasteiger partial charge in [0.15, 0.2) is 0 Å². The molecule has 0 atom stereocenters. The summed E-state index contributed by atoms with van der Waals surface area (Å²) in [5.41, 5.74) is 6.03. The molecule has 3 N–H and O–H groups in total. The zero-order valence-electron chi connectivity index (χ0n) is 9.74. The van der Waals surface area contributed by atoms with Crippen molar-refractivity contribution in [2.24, 2.45) is 0 Å². The molecule has 100 valence electrons. The van der Waals surface area contributed by atoms with Crippen LogP contribution in [0.5, 0.6) is 5.75 Å². The molecule has 2 rings (SSSR count). The summed E-state index contributed by atoms with van der Waals surface area (Å²) >= 11 is 0. The SMILES string of the molecule is Nc1c(F)cccc1Nc1ccccc1OC(F)F. The summed E-state index contributed by atoms with van der Waals surface area (Å²) < 4.78 is 42.1. The molecule has 6 heteroatoms. The maximum atomic E-state index is 13.3. The van der Waals surface area contributed by atoms with Crippen molar-refractivity contribution in [1.82, 2.24) is 0 Å². The van der Waals surface area contributed by atoms with E-state index in [1.54, 1.807) is 12.1 Å². The number of rotatable bonds is 4. The lowest BCUT2D eigenvalue weighted by molar-refractivity contribution is -0.0493. The van der Waals surface area contributed by atoms with Crippen LogP contribution in [-0.2, 0) is 0 Å². The molecule has 0 aliphatic carbocycles. The Morgan fingerprint density at radius 1 is 1.00 bits per heavy atom. The Bertz CT molecular complexity index is 576. The molecule has 0 aromatic heterocycles. The van der Waals surface area contributed by atoms with Gasteiger partial charge >= 0.3 is 6.61 Å². The number of hydrogen-bond donors (Lipinski definition) is 2. The van der Waals surface area contributed by atoms with E-state index in [-0.39, 0.29) is 22.8 Å².